The zero-order valence-electron chi connectivity index (χ0n) is 17.2. The summed E-state index contributed by atoms with van der Waals surface area (Å²) in [6, 6.07) is 10.2. The summed E-state index contributed by atoms with van der Waals surface area (Å²) in [4.78, 5) is 18.7. The fraction of sp³-hybridized carbons (Fsp3) is 0.304. The van der Waals surface area contributed by atoms with Crippen molar-refractivity contribution in [1.29, 1.82) is 5.26 Å². The predicted octanol–water partition coefficient (Wildman–Crippen LogP) is 2.26. The van der Waals surface area contributed by atoms with Crippen molar-refractivity contribution in [1.82, 2.24) is 25.0 Å². The molecule has 0 bridgehead atoms. The van der Waals surface area contributed by atoms with Crippen molar-refractivity contribution in [3.8, 4) is 11.9 Å². The van der Waals surface area contributed by atoms with Crippen molar-refractivity contribution in [3.63, 3.8) is 0 Å². The highest BCUT2D eigenvalue weighted by molar-refractivity contribution is 5.94. The number of aromatic nitrogens is 3. The van der Waals surface area contributed by atoms with Crippen LogP contribution < -0.4 is 5.32 Å². The molecule has 0 amide bonds. The van der Waals surface area contributed by atoms with E-state index in [1.165, 1.54) is 11.8 Å². The molecule has 1 aromatic carbocycles. The second-order valence-electron chi connectivity index (χ2n) is 7.93. The van der Waals surface area contributed by atoms with E-state index in [-0.39, 0.29) is 12.0 Å². The van der Waals surface area contributed by atoms with Crippen LogP contribution in [0.4, 0.5) is 0 Å². The van der Waals surface area contributed by atoms with Gasteiger partial charge >= 0.3 is 5.97 Å². The van der Waals surface area contributed by atoms with E-state index in [9.17, 15) is 4.79 Å². The van der Waals surface area contributed by atoms with Gasteiger partial charge in [0.1, 0.15) is 12.7 Å². The summed E-state index contributed by atoms with van der Waals surface area (Å²) < 4.78 is 6.80. The Kier molecular flexibility index (Phi) is 4.98. The van der Waals surface area contributed by atoms with Gasteiger partial charge in [0.2, 0.25) is 0 Å². The van der Waals surface area contributed by atoms with Gasteiger partial charge in [-0.1, -0.05) is 12.1 Å². The van der Waals surface area contributed by atoms with Gasteiger partial charge < -0.3 is 10.1 Å². The highest BCUT2D eigenvalue weighted by atomic mass is 16.5. The monoisotopic (exact) mass is 414 g/mol. The van der Waals surface area contributed by atoms with E-state index in [1.807, 2.05) is 18.3 Å². The summed E-state index contributed by atoms with van der Waals surface area (Å²) in [5.41, 5.74) is 5.71. The van der Waals surface area contributed by atoms with Crippen LogP contribution in [0, 0.1) is 18.3 Å². The summed E-state index contributed by atoms with van der Waals surface area (Å²) >= 11 is 0. The fourth-order valence-corrected chi connectivity index (χ4v) is 4.32. The molecule has 2 aliphatic heterocycles. The van der Waals surface area contributed by atoms with E-state index in [0.717, 1.165) is 42.9 Å². The highest BCUT2D eigenvalue weighted by Crippen LogP contribution is 2.30. The molecule has 1 unspecified atom stereocenters. The molecule has 0 spiro atoms. The van der Waals surface area contributed by atoms with Crippen molar-refractivity contribution in [2.75, 3.05) is 19.6 Å². The van der Waals surface area contributed by atoms with Crippen molar-refractivity contribution < 1.29 is 9.53 Å². The molecular weight excluding hydrogens is 392 g/mol. The van der Waals surface area contributed by atoms with Gasteiger partial charge in [-0.2, -0.15) is 10.4 Å². The number of rotatable bonds is 4. The van der Waals surface area contributed by atoms with Gasteiger partial charge in [0.05, 0.1) is 23.5 Å². The Morgan fingerprint density at radius 2 is 2.19 bits per heavy atom. The number of nitriles is 1. The molecule has 8 heteroatoms. The molecular formula is C23H22N6O2. The van der Waals surface area contributed by atoms with Crippen LogP contribution in [0.3, 0.4) is 0 Å². The average Bonchev–Trinajstić information content (AvgIpc) is 3.42. The zero-order chi connectivity index (χ0) is 21.4. The van der Waals surface area contributed by atoms with Crippen molar-refractivity contribution in [2.24, 2.45) is 0 Å². The lowest BCUT2D eigenvalue weighted by Crippen LogP contribution is -2.45. The smallest absolute Gasteiger partial charge is 0.338 e. The highest BCUT2D eigenvalue weighted by Gasteiger charge is 2.28. The lowest BCUT2D eigenvalue weighted by Gasteiger charge is -2.34. The first-order valence-electron chi connectivity index (χ1n) is 10.3. The Bertz CT molecular complexity index is 1180. The summed E-state index contributed by atoms with van der Waals surface area (Å²) in [5, 5.41) is 16.7. The minimum atomic E-state index is -0.224. The first kappa shape index (κ1) is 19.4. The van der Waals surface area contributed by atoms with Gasteiger partial charge in [0.15, 0.2) is 5.82 Å². The van der Waals surface area contributed by atoms with Gasteiger partial charge in [-0.3, -0.25) is 4.90 Å². The largest absolute Gasteiger partial charge is 0.457 e. The summed E-state index contributed by atoms with van der Waals surface area (Å²) in [7, 11) is 0. The Morgan fingerprint density at radius 1 is 1.29 bits per heavy atom. The van der Waals surface area contributed by atoms with E-state index in [0.29, 0.717) is 23.6 Å². The quantitative estimate of drug-likeness (QED) is 0.654. The first-order valence-corrected chi connectivity index (χ1v) is 10.3. The van der Waals surface area contributed by atoms with Crippen molar-refractivity contribution >= 4 is 5.97 Å². The molecule has 0 saturated carbocycles. The maximum atomic E-state index is 11.8. The Labute approximate surface area is 180 Å². The number of nitrogens with zero attached hydrogens (tertiary/aromatic N) is 5. The number of fused-ring (bicyclic) bond motifs is 1. The van der Waals surface area contributed by atoms with Crippen LogP contribution in [-0.2, 0) is 17.9 Å². The summed E-state index contributed by atoms with van der Waals surface area (Å²) in [5.74, 6) is 0.465. The van der Waals surface area contributed by atoms with Crippen LogP contribution in [0.25, 0.3) is 5.82 Å². The second kappa shape index (κ2) is 7.95. The van der Waals surface area contributed by atoms with Crippen LogP contribution in [0.15, 0.2) is 42.9 Å². The number of hydrogen-bond donors (Lipinski definition) is 1. The molecule has 156 valence electrons. The molecule has 1 saturated heterocycles. The second-order valence-corrected chi connectivity index (χ2v) is 7.93. The maximum Gasteiger partial charge on any atom is 0.338 e. The molecule has 3 aromatic rings. The van der Waals surface area contributed by atoms with Gasteiger partial charge in [-0.05, 0) is 35.7 Å². The molecule has 2 aliphatic rings. The maximum absolute atomic E-state index is 11.8. The molecule has 8 nitrogen and oxygen atoms in total. The molecule has 5 rings (SSSR count). The molecule has 1 atom stereocenters. The number of ether oxygens (including phenoxy) is 1. The number of cyclic esters (lactones) is 1. The predicted molar refractivity (Wildman–Crippen MR) is 112 cm³/mol. The fourth-order valence-electron chi connectivity index (χ4n) is 4.32. The first-order chi connectivity index (χ1) is 15.1. The number of carbonyl (C=O) groups is 1. The van der Waals surface area contributed by atoms with Crippen LogP contribution >= 0.6 is 0 Å². The summed E-state index contributed by atoms with van der Waals surface area (Å²) in [6.07, 6.45) is 5.06. The van der Waals surface area contributed by atoms with Gasteiger partial charge in [0, 0.05) is 44.0 Å². The summed E-state index contributed by atoms with van der Waals surface area (Å²) in [6.45, 7) is 5.97. The van der Waals surface area contributed by atoms with Crippen molar-refractivity contribution in [2.45, 2.75) is 26.1 Å². The van der Waals surface area contributed by atoms with E-state index in [1.54, 1.807) is 10.9 Å². The third kappa shape index (κ3) is 3.69. The standard InChI is InChI=1S/C23H22N6O2/c1-15-18(3-4-19-20(15)14-31-23(19)30)21-13-28(7-6-25-21)11-16-2-5-22(26-9-16)29-12-17(8-24)10-27-29/h2-5,9-10,12,21,25H,6-7,11,13-14H2,1H3. The normalized spacial score (nSPS) is 18.5. The molecule has 31 heavy (non-hydrogen) atoms. The third-order valence-electron chi connectivity index (χ3n) is 6.00. The van der Waals surface area contributed by atoms with E-state index >= 15 is 0 Å². The SMILES string of the molecule is Cc1c(C2CN(Cc3ccc(-n4cc(C#N)cn4)nc3)CCN2)ccc2c1COC2=O. The van der Waals surface area contributed by atoms with Gasteiger partial charge in [0.25, 0.3) is 0 Å². The lowest BCUT2D eigenvalue weighted by molar-refractivity contribution is 0.0535. The molecule has 0 radical (unpaired) electrons. The number of piperazine rings is 1. The van der Waals surface area contributed by atoms with Crippen LogP contribution in [-0.4, -0.2) is 45.3 Å². The molecule has 2 aromatic heterocycles. The Morgan fingerprint density at radius 3 is 2.97 bits per heavy atom. The number of hydrogen-bond acceptors (Lipinski definition) is 7. The van der Waals surface area contributed by atoms with Crippen LogP contribution in [0.5, 0.6) is 0 Å². The molecule has 4 heterocycles. The number of carbonyl (C=O) groups excluding carboxylic acids is 1. The number of benzene rings is 1. The van der Waals surface area contributed by atoms with E-state index < -0.39 is 0 Å². The number of nitrogens with one attached hydrogen (secondary N) is 1. The minimum absolute atomic E-state index is 0.204. The van der Waals surface area contributed by atoms with Crippen molar-refractivity contribution in [3.05, 3.63) is 76.2 Å². The molecule has 1 N–H and O–H groups in total. The Hall–Kier alpha value is -3.54. The van der Waals surface area contributed by atoms with E-state index in [4.69, 9.17) is 10.00 Å². The lowest BCUT2D eigenvalue weighted by atomic mass is 9.93. The van der Waals surface area contributed by atoms with Gasteiger partial charge in [-0.25, -0.2) is 14.5 Å². The van der Waals surface area contributed by atoms with Crippen LogP contribution in [0.2, 0.25) is 0 Å². The minimum Gasteiger partial charge on any atom is -0.457 e. The van der Waals surface area contributed by atoms with E-state index in [2.05, 4.69) is 45.4 Å². The number of esters is 1. The molecule has 0 aliphatic carbocycles. The number of pyridine rings is 1. The zero-order valence-corrected chi connectivity index (χ0v) is 17.2. The third-order valence-corrected chi connectivity index (χ3v) is 6.00. The van der Waals surface area contributed by atoms with Crippen LogP contribution in [0.1, 0.15) is 44.2 Å². The average molecular weight is 414 g/mol. The molecule has 1 fully saturated rings. The van der Waals surface area contributed by atoms with Gasteiger partial charge in [-0.15, -0.1) is 0 Å². The Balaban J connectivity index is 1.28. The topological polar surface area (TPSA) is 96.1 Å².